The molecule has 7 heteroatoms. The largest absolute Gasteiger partial charge is 0.492 e. The maximum Gasteiger partial charge on any atom is 0.492 e. The van der Waals surface area contributed by atoms with E-state index in [4.69, 9.17) is 0 Å². The predicted octanol–water partition coefficient (Wildman–Crippen LogP) is 3.52. The van der Waals surface area contributed by atoms with Crippen LogP contribution in [0, 0.1) is 0 Å². The predicted molar refractivity (Wildman–Crippen MR) is 74.5 cm³/mol. The lowest BCUT2D eigenvalue weighted by Gasteiger charge is -2.25. The molecule has 0 aromatic heterocycles. The molecule has 1 aromatic rings. The van der Waals surface area contributed by atoms with Gasteiger partial charge in [0.2, 0.25) is 0 Å². The van der Waals surface area contributed by atoms with Crippen molar-refractivity contribution in [1.29, 1.82) is 0 Å². The molecule has 0 radical (unpaired) electrons. The molecule has 0 spiro atoms. The molecule has 0 N–H and O–H groups in total. The van der Waals surface area contributed by atoms with Gasteiger partial charge in [0, 0.05) is 11.4 Å². The molecular formula is C14H14F3NO2S. The topological polar surface area (TPSA) is 29.5 Å². The summed E-state index contributed by atoms with van der Waals surface area (Å²) < 4.78 is 36.3. The molecule has 0 bridgehead atoms. The highest BCUT2D eigenvalue weighted by atomic mass is 32.2. The van der Waals surface area contributed by atoms with Gasteiger partial charge in [-0.2, -0.15) is 13.2 Å². The van der Waals surface area contributed by atoms with E-state index in [1.54, 1.807) is 17.8 Å². The lowest BCUT2D eigenvalue weighted by Crippen LogP contribution is -2.37. The van der Waals surface area contributed by atoms with Gasteiger partial charge >= 0.3 is 12.1 Å². The second kappa shape index (κ2) is 6.53. The minimum absolute atomic E-state index is 0.154. The summed E-state index contributed by atoms with van der Waals surface area (Å²) in [5.74, 6) is -2.18. The van der Waals surface area contributed by atoms with Crippen molar-refractivity contribution in [3.63, 3.8) is 0 Å². The van der Waals surface area contributed by atoms with Gasteiger partial charge in [-0.05, 0) is 35.9 Å². The SMILES string of the molecule is CSc1ccc(C2=CCN(OC(=O)C(F)(F)F)CC2)cc1. The second-order valence-corrected chi connectivity index (χ2v) is 5.35. The summed E-state index contributed by atoms with van der Waals surface area (Å²) in [5.41, 5.74) is 2.08. The van der Waals surface area contributed by atoms with Crippen molar-refractivity contribution >= 4 is 23.3 Å². The van der Waals surface area contributed by atoms with E-state index in [0.29, 0.717) is 6.42 Å². The van der Waals surface area contributed by atoms with Crippen LogP contribution < -0.4 is 0 Å². The number of benzene rings is 1. The maximum absolute atomic E-state index is 12.1. The zero-order valence-corrected chi connectivity index (χ0v) is 12.1. The Labute approximate surface area is 124 Å². The quantitative estimate of drug-likeness (QED) is 0.798. The van der Waals surface area contributed by atoms with Crippen LogP contribution in [0.25, 0.3) is 5.57 Å². The molecule has 21 heavy (non-hydrogen) atoms. The molecule has 0 unspecified atom stereocenters. The first kappa shape index (κ1) is 15.9. The Bertz CT molecular complexity index is 540. The molecule has 1 aliphatic heterocycles. The summed E-state index contributed by atoms with van der Waals surface area (Å²) in [4.78, 5) is 16.2. The third-order valence-corrected chi connectivity index (χ3v) is 3.82. The van der Waals surface area contributed by atoms with Crippen molar-refractivity contribution in [2.45, 2.75) is 17.5 Å². The van der Waals surface area contributed by atoms with Gasteiger partial charge in [0.1, 0.15) is 0 Å². The van der Waals surface area contributed by atoms with E-state index in [-0.39, 0.29) is 13.1 Å². The number of carbonyl (C=O) groups excluding carboxylic acids is 1. The van der Waals surface area contributed by atoms with Crippen molar-refractivity contribution in [1.82, 2.24) is 5.06 Å². The Kier molecular flexibility index (Phi) is 4.95. The molecule has 0 saturated heterocycles. The Morgan fingerprint density at radius 1 is 1.29 bits per heavy atom. The molecule has 0 fully saturated rings. The van der Waals surface area contributed by atoms with Crippen LogP contribution in [0.1, 0.15) is 12.0 Å². The molecule has 0 aliphatic carbocycles. The average molecular weight is 317 g/mol. The average Bonchev–Trinajstić information content (AvgIpc) is 2.47. The molecule has 0 amide bonds. The molecule has 2 rings (SSSR count). The number of rotatable bonds is 3. The van der Waals surface area contributed by atoms with Crippen molar-refractivity contribution < 1.29 is 22.8 Å². The zero-order chi connectivity index (χ0) is 15.5. The third-order valence-electron chi connectivity index (χ3n) is 3.08. The lowest BCUT2D eigenvalue weighted by molar-refractivity contribution is -0.237. The lowest BCUT2D eigenvalue weighted by atomic mass is 10.0. The fourth-order valence-electron chi connectivity index (χ4n) is 1.97. The van der Waals surface area contributed by atoms with E-state index in [0.717, 1.165) is 21.1 Å². The molecule has 1 aromatic carbocycles. The van der Waals surface area contributed by atoms with E-state index < -0.39 is 12.1 Å². The minimum atomic E-state index is -4.96. The van der Waals surface area contributed by atoms with Crippen LogP contribution in [0.3, 0.4) is 0 Å². The van der Waals surface area contributed by atoms with Gasteiger partial charge < -0.3 is 4.84 Å². The van der Waals surface area contributed by atoms with Gasteiger partial charge in [0.25, 0.3) is 0 Å². The number of carbonyl (C=O) groups is 1. The maximum atomic E-state index is 12.1. The summed E-state index contributed by atoms with van der Waals surface area (Å²) >= 11 is 1.64. The summed E-state index contributed by atoms with van der Waals surface area (Å²) in [5, 5.41) is 1.02. The number of hydrogen-bond donors (Lipinski definition) is 0. The van der Waals surface area contributed by atoms with Gasteiger partial charge in [-0.3, -0.25) is 0 Å². The second-order valence-electron chi connectivity index (χ2n) is 4.47. The van der Waals surface area contributed by atoms with E-state index >= 15 is 0 Å². The van der Waals surface area contributed by atoms with E-state index in [9.17, 15) is 18.0 Å². The van der Waals surface area contributed by atoms with Gasteiger partial charge in [-0.25, -0.2) is 4.79 Å². The monoisotopic (exact) mass is 317 g/mol. The molecule has 0 atom stereocenters. The molecule has 1 aliphatic rings. The van der Waals surface area contributed by atoms with Crippen LogP contribution in [-0.4, -0.2) is 36.6 Å². The highest BCUT2D eigenvalue weighted by Gasteiger charge is 2.42. The van der Waals surface area contributed by atoms with E-state index in [1.165, 1.54) is 0 Å². The molecular weight excluding hydrogens is 303 g/mol. The van der Waals surface area contributed by atoms with Crippen LogP contribution in [0.2, 0.25) is 0 Å². The smallest absolute Gasteiger partial charge is 0.360 e. The minimum Gasteiger partial charge on any atom is -0.360 e. The summed E-state index contributed by atoms with van der Waals surface area (Å²) in [6.45, 7) is 0.402. The third kappa shape index (κ3) is 4.25. The molecule has 0 saturated carbocycles. The normalized spacial score (nSPS) is 16.5. The molecule has 3 nitrogen and oxygen atoms in total. The van der Waals surface area contributed by atoms with E-state index in [2.05, 4.69) is 4.84 Å². The number of hydroxylamine groups is 2. The Morgan fingerprint density at radius 3 is 2.43 bits per heavy atom. The van der Waals surface area contributed by atoms with Gasteiger partial charge in [-0.1, -0.05) is 18.2 Å². The zero-order valence-electron chi connectivity index (χ0n) is 11.3. The summed E-state index contributed by atoms with van der Waals surface area (Å²) in [7, 11) is 0. The number of thioether (sulfide) groups is 1. The standard InChI is InChI=1S/C14H14F3NO2S/c1-21-12-4-2-10(3-5-12)11-6-8-18(9-7-11)20-13(19)14(15,16)17/h2-6H,7-9H2,1H3. The number of nitrogens with zero attached hydrogens (tertiary/aromatic N) is 1. The Balaban J connectivity index is 1.96. The highest BCUT2D eigenvalue weighted by Crippen LogP contribution is 2.25. The first-order chi connectivity index (χ1) is 9.90. The first-order valence-corrected chi connectivity index (χ1v) is 7.50. The Hall–Kier alpha value is -1.47. The number of hydrogen-bond acceptors (Lipinski definition) is 4. The highest BCUT2D eigenvalue weighted by molar-refractivity contribution is 7.98. The van der Waals surface area contributed by atoms with E-state index in [1.807, 2.05) is 30.5 Å². The van der Waals surface area contributed by atoms with Crippen molar-refractivity contribution in [3.8, 4) is 0 Å². The van der Waals surface area contributed by atoms with Crippen LogP contribution >= 0.6 is 11.8 Å². The Morgan fingerprint density at radius 2 is 1.95 bits per heavy atom. The summed E-state index contributed by atoms with van der Waals surface area (Å²) in [6, 6.07) is 7.96. The molecule has 1 heterocycles. The van der Waals surface area contributed by atoms with Crippen LogP contribution in [-0.2, 0) is 9.63 Å². The number of alkyl halides is 3. The van der Waals surface area contributed by atoms with Gasteiger partial charge in [0.15, 0.2) is 0 Å². The first-order valence-electron chi connectivity index (χ1n) is 6.27. The fraction of sp³-hybridized carbons (Fsp3) is 0.357. The molecule has 114 valence electrons. The van der Waals surface area contributed by atoms with Crippen LogP contribution in [0.5, 0.6) is 0 Å². The van der Waals surface area contributed by atoms with Crippen molar-refractivity contribution in [2.75, 3.05) is 19.3 Å². The van der Waals surface area contributed by atoms with Crippen LogP contribution in [0.4, 0.5) is 13.2 Å². The fourth-order valence-corrected chi connectivity index (χ4v) is 2.38. The van der Waals surface area contributed by atoms with Crippen molar-refractivity contribution in [3.05, 3.63) is 35.9 Å². The van der Waals surface area contributed by atoms with Crippen LogP contribution in [0.15, 0.2) is 35.2 Å². The number of halogens is 3. The van der Waals surface area contributed by atoms with Crippen molar-refractivity contribution in [2.24, 2.45) is 0 Å². The summed E-state index contributed by atoms with van der Waals surface area (Å²) in [6.07, 6.45) is -0.662. The van der Waals surface area contributed by atoms with Gasteiger partial charge in [-0.15, -0.1) is 16.8 Å². The van der Waals surface area contributed by atoms with Gasteiger partial charge in [0.05, 0.1) is 6.54 Å².